The van der Waals surface area contributed by atoms with Gasteiger partial charge in [0.05, 0.1) is 5.92 Å². The number of alkyl halides is 2. The van der Waals surface area contributed by atoms with Gasteiger partial charge in [-0.2, -0.15) is 0 Å². The molecule has 3 rings (SSSR count). The van der Waals surface area contributed by atoms with Crippen molar-refractivity contribution < 1.29 is 8.78 Å². The third-order valence-corrected chi connectivity index (χ3v) is 4.44. The number of hydrogen-bond acceptors (Lipinski definition) is 0. The van der Waals surface area contributed by atoms with Crippen LogP contribution in [0.5, 0.6) is 0 Å². The molecule has 0 saturated heterocycles. The first-order chi connectivity index (χ1) is 10.1. The zero-order valence-corrected chi connectivity index (χ0v) is 12.3. The van der Waals surface area contributed by atoms with E-state index in [0.29, 0.717) is 6.42 Å². The van der Waals surface area contributed by atoms with Crippen LogP contribution in [0.4, 0.5) is 8.78 Å². The van der Waals surface area contributed by atoms with Gasteiger partial charge in [-0.05, 0) is 36.0 Å². The topological polar surface area (TPSA) is 0 Å². The maximum atomic E-state index is 14.8. The lowest BCUT2D eigenvalue weighted by atomic mass is 9.77. The molecular weight excluding hydrogens is 266 g/mol. The van der Waals surface area contributed by atoms with E-state index in [9.17, 15) is 8.78 Å². The van der Waals surface area contributed by atoms with E-state index in [-0.39, 0.29) is 5.56 Å². The average Bonchev–Trinajstić information content (AvgIpc) is 2.49. The van der Waals surface area contributed by atoms with E-state index in [0.717, 1.165) is 30.4 Å². The average molecular weight is 286 g/mol. The Hall–Kier alpha value is -1.70. The number of rotatable bonds is 3. The van der Waals surface area contributed by atoms with Crippen molar-refractivity contribution in [2.24, 2.45) is 0 Å². The molecular formula is C19H20F2. The Kier molecular flexibility index (Phi) is 3.79. The minimum Gasteiger partial charge on any atom is -0.201 e. The minimum atomic E-state index is -2.78. The highest BCUT2D eigenvalue weighted by molar-refractivity contribution is 5.39. The first-order valence-corrected chi connectivity index (χ1v) is 7.68. The number of aryl methyl sites for hydroxylation is 2. The van der Waals surface area contributed by atoms with Crippen LogP contribution in [0.2, 0.25) is 0 Å². The molecule has 0 heterocycles. The van der Waals surface area contributed by atoms with Gasteiger partial charge in [-0.25, -0.2) is 8.78 Å². The Morgan fingerprint density at radius 3 is 2.48 bits per heavy atom. The highest BCUT2D eigenvalue weighted by Gasteiger charge is 2.45. The van der Waals surface area contributed by atoms with Crippen molar-refractivity contribution >= 4 is 0 Å². The second kappa shape index (κ2) is 5.59. The van der Waals surface area contributed by atoms with Gasteiger partial charge < -0.3 is 0 Å². The number of fused-ring (bicyclic) bond motifs is 1. The van der Waals surface area contributed by atoms with Gasteiger partial charge in [0.2, 0.25) is 0 Å². The first kappa shape index (κ1) is 14.2. The SMILES string of the molecule is CCCc1ccc(C2CCc3ccccc3C2(F)F)cc1. The van der Waals surface area contributed by atoms with Crippen molar-refractivity contribution in [1.82, 2.24) is 0 Å². The summed E-state index contributed by atoms with van der Waals surface area (Å²) in [4.78, 5) is 0. The highest BCUT2D eigenvalue weighted by Crippen LogP contribution is 2.49. The zero-order chi connectivity index (χ0) is 14.9. The second-order valence-corrected chi connectivity index (χ2v) is 5.86. The molecule has 0 fully saturated rings. The van der Waals surface area contributed by atoms with Crippen LogP contribution in [0.25, 0.3) is 0 Å². The molecule has 0 nitrogen and oxygen atoms in total. The summed E-state index contributed by atoms with van der Waals surface area (Å²) >= 11 is 0. The summed E-state index contributed by atoms with van der Waals surface area (Å²) < 4.78 is 29.6. The van der Waals surface area contributed by atoms with E-state index in [1.165, 1.54) is 5.56 Å². The smallest absolute Gasteiger partial charge is 0.201 e. The van der Waals surface area contributed by atoms with Gasteiger partial charge in [0.25, 0.3) is 5.92 Å². The summed E-state index contributed by atoms with van der Waals surface area (Å²) in [7, 11) is 0. The van der Waals surface area contributed by atoms with Crippen molar-refractivity contribution in [1.29, 1.82) is 0 Å². The molecule has 2 aromatic rings. The minimum absolute atomic E-state index is 0.207. The van der Waals surface area contributed by atoms with Crippen molar-refractivity contribution in [3.05, 3.63) is 70.8 Å². The molecule has 0 spiro atoms. The van der Waals surface area contributed by atoms with Gasteiger partial charge in [0.1, 0.15) is 0 Å². The van der Waals surface area contributed by atoms with Crippen LogP contribution in [-0.2, 0) is 18.8 Å². The lowest BCUT2D eigenvalue weighted by Gasteiger charge is -2.33. The van der Waals surface area contributed by atoms with E-state index in [4.69, 9.17) is 0 Å². The molecule has 110 valence electrons. The number of benzene rings is 2. The Morgan fingerprint density at radius 2 is 1.76 bits per heavy atom. The quantitative estimate of drug-likeness (QED) is 0.702. The van der Waals surface area contributed by atoms with Crippen LogP contribution in [0.3, 0.4) is 0 Å². The molecule has 2 heteroatoms. The molecule has 0 bridgehead atoms. The summed E-state index contributed by atoms with van der Waals surface area (Å²) in [6, 6.07) is 14.7. The second-order valence-electron chi connectivity index (χ2n) is 5.86. The summed E-state index contributed by atoms with van der Waals surface area (Å²) in [5, 5.41) is 0. The maximum absolute atomic E-state index is 14.8. The van der Waals surface area contributed by atoms with Crippen molar-refractivity contribution in [3.63, 3.8) is 0 Å². The summed E-state index contributed by atoms with van der Waals surface area (Å²) in [6.07, 6.45) is 3.32. The molecule has 1 unspecified atom stereocenters. The molecule has 0 N–H and O–H groups in total. The van der Waals surface area contributed by atoms with E-state index in [1.807, 2.05) is 36.4 Å². The monoisotopic (exact) mass is 286 g/mol. The Morgan fingerprint density at radius 1 is 1.05 bits per heavy atom. The largest absolute Gasteiger partial charge is 0.280 e. The van der Waals surface area contributed by atoms with Crippen molar-refractivity contribution in [2.45, 2.75) is 44.4 Å². The van der Waals surface area contributed by atoms with Crippen LogP contribution in [0.15, 0.2) is 48.5 Å². The Bertz CT molecular complexity index is 614. The predicted molar refractivity (Wildman–Crippen MR) is 81.8 cm³/mol. The van der Waals surface area contributed by atoms with Crippen molar-refractivity contribution in [3.8, 4) is 0 Å². The lowest BCUT2D eigenvalue weighted by molar-refractivity contribution is -0.0435. The van der Waals surface area contributed by atoms with Crippen LogP contribution in [-0.4, -0.2) is 0 Å². The van der Waals surface area contributed by atoms with Gasteiger partial charge in [0.15, 0.2) is 0 Å². The molecule has 0 saturated carbocycles. The van der Waals surface area contributed by atoms with E-state index in [1.54, 1.807) is 12.1 Å². The van der Waals surface area contributed by atoms with E-state index < -0.39 is 11.8 Å². The fraction of sp³-hybridized carbons (Fsp3) is 0.368. The first-order valence-electron chi connectivity index (χ1n) is 7.68. The molecule has 21 heavy (non-hydrogen) atoms. The van der Waals surface area contributed by atoms with E-state index >= 15 is 0 Å². The fourth-order valence-electron chi connectivity index (χ4n) is 3.31. The molecule has 0 amide bonds. The van der Waals surface area contributed by atoms with Gasteiger partial charge in [-0.15, -0.1) is 0 Å². The lowest BCUT2D eigenvalue weighted by Crippen LogP contribution is -2.30. The maximum Gasteiger partial charge on any atom is 0.280 e. The third kappa shape index (κ3) is 2.59. The van der Waals surface area contributed by atoms with Gasteiger partial charge in [-0.1, -0.05) is 61.9 Å². The Labute approximate surface area is 124 Å². The molecule has 2 aromatic carbocycles. The molecule has 0 aliphatic heterocycles. The normalized spacial score (nSPS) is 20.0. The standard InChI is InChI=1S/C19H20F2/c1-2-5-14-8-10-16(11-9-14)18-13-12-15-6-3-4-7-17(15)19(18,20)21/h3-4,6-11,18H,2,5,12-13H2,1H3. The predicted octanol–water partition coefficient (Wildman–Crippen LogP) is 5.46. The van der Waals surface area contributed by atoms with E-state index in [2.05, 4.69) is 6.92 Å². The van der Waals surface area contributed by atoms with Gasteiger partial charge in [0, 0.05) is 5.56 Å². The van der Waals surface area contributed by atoms with Crippen molar-refractivity contribution in [2.75, 3.05) is 0 Å². The fourth-order valence-corrected chi connectivity index (χ4v) is 3.31. The molecule has 1 aliphatic rings. The molecule has 1 atom stereocenters. The van der Waals surface area contributed by atoms with Gasteiger partial charge >= 0.3 is 0 Å². The highest BCUT2D eigenvalue weighted by atomic mass is 19.3. The molecule has 1 aliphatic carbocycles. The molecule has 0 radical (unpaired) electrons. The van der Waals surface area contributed by atoms with Gasteiger partial charge in [-0.3, -0.25) is 0 Å². The van der Waals surface area contributed by atoms with Crippen LogP contribution in [0, 0.1) is 0 Å². The summed E-state index contributed by atoms with van der Waals surface area (Å²) in [6.45, 7) is 2.13. The summed E-state index contributed by atoms with van der Waals surface area (Å²) in [5.74, 6) is -3.48. The Balaban J connectivity index is 1.93. The zero-order valence-electron chi connectivity index (χ0n) is 12.3. The summed E-state index contributed by atoms with van der Waals surface area (Å²) in [5.41, 5.74) is 2.98. The van der Waals surface area contributed by atoms with Crippen LogP contribution < -0.4 is 0 Å². The number of hydrogen-bond donors (Lipinski definition) is 0. The molecule has 0 aromatic heterocycles. The van der Waals surface area contributed by atoms with Crippen LogP contribution in [0.1, 0.15) is 47.9 Å². The van der Waals surface area contributed by atoms with Crippen LogP contribution >= 0.6 is 0 Å². The third-order valence-electron chi connectivity index (χ3n) is 4.44. The number of halogens is 2.